The molecule has 2 heterocycles. The SMILES string of the molecule is COCCOCCOCC[N+](CCOCCOCCOC)=c1ccc2c(/C=C/C=C3/N(CCCCCC(=O)OC4C(=O)CCC4=O)c4ccc(S(=O)(=O)O)cc4C3(C)C)cc(C(C)(C)C)oc-2c1. The molecule has 0 amide bonds. The van der Waals surface area contributed by atoms with E-state index in [2.05, 4.69) is 60.6 Å². The van der Waals surface area contributed by atoms with Gasteiger partial charge in [0, 0.05) is 73.9 Å². The van der Waals surface area contributed by atoms with Crippen molar-refractivity contribution in [2.75, 3.05) is 105 Å². The molecule has 5 rings (SSSR count). The number of nitrogens with zero attached hydrogens (tertiary/aromatic N) is 2. The van der Waals surface area contributed by atoms with E-state index in [-0.39, 0.29) is 41.1 Å². The number of hydrogen-bond donors (Lipinski definition) is 1. The monoisotopic (exact) mass is 967 g/mol. The Hall–Kier alpha value is -4.59. The van der Waals surface area contributed by atoms with E-state index in [1.165, 1.54) is 12.1 Å². The number of fused-ring (bicyclic) bond motifs is 2. The third kappa shape index (κ3) is 15.5. The smallest absolute Gasteiger partial charge is 0.306 e. The maximum atomic E-state index is 12.5. The average Bonchev–Trinajstić information content (AvgIpc) is 3.71. The van der Waals surface area contributed by atoms with Gasteiger partial charge in [0.15, 0.2) is 24.7 Å². The van der Waals surface area contributed by atoms with Crippen LogP contribution >= 0.6 is 0 Å². The van der Waals surface area contributed by atoms with Gasteiger partial charge in [0.25, 0.3) is 10.1 Å². The molecule has 68 heavy (non-hydrogen) atoms. The molecule has 374 valence electrons. The van der Waals surface area contributed by atoms with Crippen molar-refractivity contribution in [3.63, 3.8) is 0 Å². The summed E-state index contributed by atoms with van der Waals surface area (Å²) < 4.78 is 81.6. The van der Waals surface area contributed by atoms with E-state index >= 15 is 0 Å². The zero-order valence-corrected chi connectivity index (χ0v) is 41.7. The lowest BCUT2D eigenvalue weighted by atomic mass is 9.83. The van der Waals surface area contributed by atoms with Crippen molar-refractivity contribution >= 4 is 39.4 Å². The first kappa shape index (κ1) is 54.4. The lowest BCUT2D eigenvalue weighted by Gasteiger charge is -2.27. The van der Waals surface area contributed by atoms with Gasteiger partial charge in [-0.05, 0) is 60.4 Å². The highest BCUT2D eigenvalue weighted by Gasteiger charge is 2.40. The highest BCUT2D eigenvalue weighted by Crippen LogP contribution is 2.48. The van der Waals surface area contributed by atoms with E-state index in [1.54, 1.807) is 20.3 Å². The largest absolute Gasteiger partial charge is 0.460 e. The Morgan fingerprint density at radius 2 is 1.43 bits per heavy atom. The molecule has 0 aromatic heterocycles. The number of ketones is 2. The molecule has 0 atom stereocenters. The molecule has 1 saturated carbocycles. The van der Waals surface area contributed by atoms with E-state index in [0.717, 1.165) is 39.2 Å². The van der Waals surface area contributed by atoms with Gasteiger partial charge in [-0.2, -0.15) is 8.42 Å². The molecule has 2 aliphatic heterocycles. The highest BCUT2D eigenvalue weighted by molar-refractivity contribution is 7.85. The normalized spacial score (nSPS) is 15.9. The lowest BCUT2D eigenvalue weighted by molar-refractivity contribution is -0.157. The second-order valence-electron chi connectivity index (χ2n) is 18.4. The predicted octanol–water partition coefficient (Wildman–Crippen LogP) is 6.16. The molecule has 1 N–H and O–H groups in total. The fourth-order valence-electron chi connectivity index (χ4n) is 8.08. The number of carbonyl (C=O) groups is 3. The van der Waals surface area contributed by atoms with Crippen molar-refractivity contribution in [2.24, 2.45) is 0 Å². The van der Waals surface area contributed by atoms with Gasteiger partial charge in [-0.3, -0.25) is 18.9 Å². The summed E-state index contributed by atoms with van der Waals surface area (Å²) in [6.07, 6.45) is 6.92. The van der Waals surface area contributed by atoms with Crippen LogP contribution in [0.25, 0.3) is 17.4 Å². The van der Waals surface area contributed by atoms with Gasteiger partial charge in [-0.25, -0.2) is 4.58 Å². The highest BCUT2D eigenvalue weighted by atomic mass is 32.2. The van der Waals surface area contributed by atoms with Crippen LogP contribution in [0, 0.1) is 0 Å². The summed E-state index contributed by atoms with van der Waals surface area (Å²) in [4.78, 5) is 38.4. The summed E-state index contributed by atoms with van der Waals surface area (Å²) in [5.41, 5.74) is 3.37. The standard InChI is InChI=1S/C51H70N2O14S/c1-50(2,3)47-34-37(40-17-15-38(35-45(40)66-47)52(22-24-62-30-32-64-28-26-60-6)23-25-63-31-33-65-29-27-61-7)12-11-13-46-51(4,5)41-36-39(68(57,58)59)16-18-42(41)53(46)21-10-8-9-14-48(56)67-49-43(54)19-20-44(49)55/h11-13,15-18,34-36,49H,8-10,14,19-33H2,1-7H3/p+1. The van der Waals surface area contributed by atoms with Crippen molar-refractivity contribution < 1.29 is 64.9 Å². The number of methoxy groups -OCH3 is 2. The van der Waals surface area contributed by atoms with Crippen LogP contribution in [0.1, 0.15) is 90.0 Å². The average molecular weight is 968 g/mol. The van der Waals surface area contributed by atoms with Crippen LogP contribution in [-0.2, 0) is 68.5 Å². The molecule has 1 fully saturated rings. The first-order valence-electron chi connectivity index (χ1n) is 23.4. The number of esters is 1. The van der Waals surface area contributed by atoms with Gasteiger partial charge in [0.2, 0.25) is 11.5 Å². The molecular weight excluding hydrogens is 897 g/mol. The Morgan fingerprint density at radius 3 is 2.01 bits per heavy atom. The van der Waals surface area contributed by atoms with Crippen LogP contribution in [0.5, 0.6) is 0 Å². The number of benzene rings is 2. The summed E-state index contributed by atoms with van der Waals surface area (Å²) in [5.74, 6) is 0.239. The van der Waals surface area contributed by atoms with Crippen molar-refractivity contribution in [3.8, 4) is 11.3 Å². The van der Waals surface area contributed by atoms with Crippen LogP contribution < -0.4 is 14.8 Å². The first-order valence-corrected chi connectivity index (χ1v) is 24.9. The number of anilines is 1. The number of rotatable bonds is 28. The van der Waals surface area contributed by atoms with Crippen molar-refractivity contribution in [2.45, 2.75) is 95.0 Å². The molecule has 1 aromatic carbocycles. The Labute approximate surface area is 401 Å². The van der Waals surface area contributed by atoms with Crippen LogP contribution in [0.15, 0.2) is 69.6 Å². The molecule has 2 aliphatic carbocycles. The second-order valence-corrected chi connectivity index (χ2v) is 19.8. The first-order chi connectivity index (χ1) is 32.4. The van der Waals surface area contributed by atoms with E-state index in [4.69, 9.17) is 37.6 Å². The molecule has 0 radical (unpaired) electrons. The minimum atomic E-state index is -4.46. The van der Waals surface area contributed by atoms with Crippen LogP contribution in [-0.4, -0.2) is 137 Å². The second kappa shape index (κ2) is 25.9. The summed E-state index contributed by atoms with van der Waals surface area (Å²) in [6, 6.07) is 12.9. The topological polar surface area (TPSA) is 190 Å². The van der Waals surface area contributed by atoms with Gasteiger partial charge < -0.3 is 42.5 Å². The molecule has 0 bridgehead atoms. The Bertz CT molecular complexity index is 2340. The molecule has 17 heteroatoms. The summed E-state index contributed by atoms with van der Waals surface area (Å²) in [5, 5.41) is 0.950. The number of unbranched alkanes of at least 4 members (excludes halogenated alkanes) is 2. The number of Topliss-reactive ketones (excluding diaryl/α,β-unsaturated/α-hetero) is 2. The molecule has 0 saturated heterocycles. The van der Waals surface area contributed by atoms with Crippen molar-refractivity contribution in [3.05, 3.63) is 82.6 Å². The molecule has 0 spiro atoms. The summed E-state index contributed by atoms with van der Waals surface area (Å²) in [7, 11) is -1.18. The quantitative estimate of drug-likeness (QED) is 0.0286. The fourth-order valence-corrected chi connectivity index (χ4v) is 8.58. The van der Waals surface area contributed by atoms with Gasteiger partial charge in [0.1, 0.15) is 24.7 Å². The number of carbonyl (C=O) groups excluding carboxylic acids is 3. The molecule has 16 nitrogen and oxygen atoms in total. The van der Waals surface area contributed by atoms with Crippen molar-refractivity contribution in [1.29, 1.82) is 0 Å². The minimum Gasteiger partial charge on any atom is -0.460 e. The third-order valence-corrected chi connectivity index (χ3v) is 12.8. The fraction of sp³-hybridized carbons (Fsp3) is 0.569. The van der Waals surface area contributed by atoms with Crippen LogP contribution in [0.4, 0.5) is 5.69 Å². The maximum Gasteiger partial charge on any atom is 0.306 e. The lowest BCUT2D eigenvalue weighted by Crippen LogP contribution is -2.36. The third-order valence-electron chi connectivity index (χ3n) is 11.9. The Kier molecular flexibility index (Phi) is 20.7. The van der Waals surface area contributed by atoms with Gasteiger partial charge >= 0.3 is 5.97 Å². The summed E-state index contributed by atoms with van der Waals surface area (Å²) in [6.45, 7) is 17.0. The van der Waals surface area contributed by atoms with Gasteiger partial charge in [-0.1, -0.05) is 53.2 Å². The van der Waals surface area contributed by atoms with E-state index < -0.39 is 27.6 Å². The zero-order chi connectivity index (χ0) is 49.3. The van der Waals surface area contributed by atoms with Gasteiger partial charge in [-0.15, -0.1) is 0 Å². The Morgan fingerprint density at radius 1 is 0.824 bits per heavy atom. The summed E-state index contributed by atoms with van der Waals surface area (Å²) >= 11 is 0. The zero-order valence-electron chi connectivity index (χ0n) is 40.8. The van der Waals surface area contributed by atoms with E-state index in [1.807, 2.05) is 26.0 Å². The van der Waals surface area contributed by atoms with E-state index in [0.29, 0.717) is 111 Å². The number of ether oxygens (including phenoxy) is 7. The van der Waals surface area contributed by atoms with E-state index in [9.17, 15) is 27.4 Å². The molecular formula is C51H71N2O14S+. The predicted molar refractivity (Wildman–Crippen MR) is 257 cm³/mol. The van der Waals surface area contributed by atoms with Crippen LogP contribution in [0.2, 0.25) is 0 Å². The Balaban J connectivity index is 1.40. The molecule has 1 aromatic rings. The number of hydrogen-bond acceptors (Lipinski definition) is 14. The van der Waals surface area contributed by atoms with Crippen LogP contribution in [0.3, 0.4) is 0 Å². The van der Waals surface area contributed by atoms with Gasteiger partial charge in [0.05, 0.1) is 63.8 Å². The molecule has 4 aliphatic rings. The maximum absolute atomic E-state index is 12.5. The minimum absolute atomic E-state index is 0.0796. The van der Waals surface area contributed by atoms with Crippen molar-refractivity contribution in [1.82, 2.24) is 4.58 Å². The molecule has 0 unspecified atom stereocenters. The number of allylic oxidation sites excluding steroid dienone is 3.